The van der Waals surface area contributed by atoms with Crippen molar-refractivity contribution in [2.24, 2.45) is 0 Å². The molecule has 0 atom stereocenters. The van der Waals surface area contributed by atoms with Crippen LogP contribution in [0.25, 0.3) is 0 Å². The minimum Gasteiger partial charge on any atom is -0.481 e. The highest BCUT2D eigenvalue weighted by Gasteiger charge is 2.03. The third-order valence-corrected chi connectivity index (χ3v) is 2.42. The van der Waals surface area contributed by atoms with Crippen LogP contribution in [0, 0.1) is 13.8 Å². The zero-order valence-corrected chi connectivity index (χ0v) is 10.1. The van der Waals surface area contributed by atoms with E-state index in [2.05, 4.69) is 25.5 Å². The molecule has 0 radical (unpaired) electrons. The highest BCUT2D eigenvalue weighted by molar-refractivity contribution is 5.39. The molecule has 2 heterocycles. The first-order valence-electron chi connectivity index (χ1n) is 5.31. The van der Waals surface area contributed by atoms with Gasteiger partial charge in [-0.1, -0.05) is 0 Å². The Balaban J connectivity index is 2.09. The van der Waals surface area contributed by atoms with Gasteiger partial charge in [0, 0.05) is 23.9 Å². The second kappa shape index (κ2) is 4.82. The summed E-state index contributed by atoms with van der Waals surface area (Å²) in [6.07, 6.45) is 1.80. The molecule has 2 N–H and O–H groups in total. The van der Waals surface area contributed by atoms with Crippen LogP contribution in [0.3, 0.4) is 0 Å². The zero-order chi connectivity index (χ0) is 12.3. The molecule has 0 amide bonds. The van der Waals surface area contributed by atoms with Crippen LogP contribution >= 0.6 is 0 Å². The summed E-state index contributed by atoms with van der Waals surface area (Å²) in [4.78, 5) is 8.40. The molecule has 0 saturated heterocycles. The lowest BCUT2D eigenvalue weighted by molar-refractivity contribution is 0.396. The molecule has 0 aliphatic rings. The van der Waals surface area contributed by atoms with E-state index in [1.54, 1.807) is 19.4 Å². The van der Waals surface area contributed by atoms with Crippen molar-refractivity contribution in [1.29, 1.82) is 0 Å². The number of methoxy groups -OCH3 is 1. The fourth-order valence-electron chi connectivity index (χ4n) is 1.48. The average molecular weight is 233 g/mol. The van der Waals surface area contributed by atoms with Gasteiger partial charge in [-0.05, 0) is 13.8 Å². The Morgan fingerprint density at radius 2 is 2.18 bits per heavy atom. The molecule has 2 aromatic rings. The first-order valence-corrected chi connectivity index (χ1v) is 5.31. The number of ether oxygens (including phenoxy) is 1. The Labute approximate surface area is 99.4 Å². The molecule has 0 bridgehead atoms. The number of nitrogens with one attached hydrogen (secondary N) is 2. The van der Waals surface area contributed by atoms with Crippen molar-refractivity contribution >= 4 is 5.82 Å². The maximum absolute atomic E-state index is 5.09. The van der Waals surface area contributed by atoms with E-state index in [1.165, 1.54) is 0 Å². The summed E-state index contributed by atoms with van der Waals surface area (Å²) in [5, 5.41) is 10.1. The van der Waals surface area contributed by atoms with Crippen molar-refractivity contribution < 1.29 is 4.74 Å². The van der Waals surface area contributed by atoms with Gasteiger partial charge in [0.2, 0.25) is 5.88 Å². The van der Waals surface area contributed by atoms with Gasteiger partial charge >= 0.3 is 0 Å². The molecule has 0 fully saturated rings. The number of H-pyrrole nitrogens is 1. The number of nitrogens with zero attached hydrogens (tertiary/aromatic N) is 3. The lowest BCUT2D eigenvalue weighted by Crippen LogP contribution is -2.04. The van der Waals surface area contributed by atoms with Crippen molar-refractivity contribution in [2.45, 2.75) is 20.4 Å². The van der Waals surface area contributed by atoms with Gasteiger partial charge in [-0.2, -0.15) is 10.1 Å². The summed E-state index contributed by atoms with van der Waals surface area (Å²) in [7, 11) is 1.59. The molecule has 0 unspecified atom stereocenters. The molecule has 0 aliphatic carbocycles. The minimum atomic E-state index is 0.559. The Bertz CT molecular complexity index is 508. The van der Waals surface area contributed by atoms with Crippen LogP contribution < -0.4 is 10.1 Å². The number of aromatic nitrogens is 4. The number of rotatable bonds is 4. The Hall–Kier alpha value is -2.11. The van der Waals surface area contributed by atoms with Crippen LogP contribution in [0.2, 0.25) is 0 Å². The van der Waals surface area contributed by atoms with Gasteiger partial charge in [0.05, 0.1) is 13.3 Å². The fraction of sp³-hybridized carbons (Fsp3) is 0.364. The second-order valence-electron chi connectivity index (χ2n) is 3.72. The predicted octanol–water partition coefficient (Wildman–Crippen LogP) is 1.44. The summed E-state index contributed by atoms with van der Waals surface area (Å²) in [6.45, 7) is 4.48. The molecular weight excluding hydrogens is 218 g/mol. The smallest absolute Gasteiger partial charge is 0.218 e. The van der Waals surface area contributed by atoms with Crippen LogP contribution in [0.4, 0.5) is 5.82 Å². The number of aryl methyl sites for hydroxylation is 2. The molecular formula is C11H15N5O. The van der Waals surface area contributed by atoms with E-state index in [0.29, 0.717) is 18.2 Å². The summed E-state index contributed by atoms with van der Waals surface area (Å²) in [6, 6.07) is 1.77. The van der Waals surface area contributed by atoms with E-state index in [-0.39, 0.29) is 0 Å². The lowest BCUT2D eigenvalue weighted by atomic mass is 10.2. The molecule has 0 spiro atoms. The van der Waals surface area contributed by atoms with E-state index in [4.69, 9.17) is 4.74 Å². The topological polar surface area (TPSA) is 75.7 Å². The second-order valence-corrected chi connectivity index (χ2v) is 3.72. The Morgan fingerprint density at radius 1 is 1.35 bits per heavy atom. The summed E-state index contributed by atoms with van der Waals surface area (Å²) >= 11 is 0. The van der Waals surface area contributed by atoms with Crippen molar-refractivity contribution in [3.8, 4) is 5.88 Å². The van der Waals surface area contributed by atoms with Gasteiger partial charge in [-0.25, -0.2) is 4.98 Å². The number of hydrogen-bond acceptors (Lipinski definition) is 5. The van der Waals surface area contributed by atoms with Crippen molar-refractivity contribution in [3.05, 3.63) is 29.3 Å². The van der Waals surface area contributed by atoms with Crippen LogP contribution in [0.15, 0.2) is 12.3 Å². The number of hydrogen-bond donors (Lipinski definition) is 2. The Kier molecular flexibility index (Phi) is 3.22. The van der Waals surface area contributed by atoms with Crippen molar-refractivity contribution in [3.63, 3.8) is 0 Å². The monoisotopic (exact) mass is 233 g/mol. The van der Waals surface area contributed by atoms with E-state index < -0.39 is 0 Å². The standard InChI is InChI=1S/C11H15N5O/c1-7-9(6-13-16-7)5-12-10-4-11(17-3)15-8(2)14-10/h4,6H,5H2,1-3H3,(H,13,16)(H,12,14,15). The van der Waals surface area contributed by atoms with Gasteiger partial charge < -0.3 is 10.1 Å². The molecule has 6 heteroatoms. The van der Waals surface area contributed by atoms with Crippen LogP contribution in [-0.2, 0) is 6.54 Å². The van der Waals surface area contributed by atoms with E-state index in [9.17, 15) is 0 Å². The maximum atomic E-state index is 5.09. The van der Waals surface area contributed by atoms with E-state index >= 15 is 0 Å². The maximum Gasteiger partial charge on any atom is 0.218 e. The molecule has 17 heavy (non-hydrogen) atoms. The summed E-state index contributed by atoms with van der Waals surface area (Å²) in [5.74, 6) is 1.98. The van der Waals surface area contributed by atoms with Gasteiger partial charge in [0.25, 0.3) is 0 Å². The highest BCUT2D eigenvalue weighted by atomic mass is 16.5. The molecule has 2 aromatic heterocycles. The van der Waals surface area contributed by atoms with Crippen molar-refractivity contribution in [2.75, 3.05) is 12.4 Å². The van der Waals surface area contributed by atoms with Crippen LogP contribution in [0.5, 0.6) is 5.88 Å². The normalized spacial score (nSPS) is 10.3. The third kappa shape index (κ3) is 2.72. The largest absolute Gasteiger partial charge is 0.481 e. The highest BCUT2D eigenvalue weighted by Crippen LogP contribution is 2.14. The van der Waals surface area contributed by atoms with Crippen LogP contribution in [-0.4, -0.2) is 27.3 Å². The minimum absolute atomic E-state index is 0.559. The van der Waals surface area contributed by atoms with Gasteiger partial charge in [-0.15, -0.1) is 0 Å². The molecule has 0 aliphatic heterocycles. The molecule has 6 nitrogen and oxygen atoms in total. The summed E-state index contributed by atoms with van der Waals surface area (Å²) < 4.78 is 5.09. The van der Waals surface area contributed by atoms with Crippen LogP contribution in [0.1, 0.15) is 17.1 Å². The SMILES string of the molecule is COc1cc(NCc2cn[nH]c2C)nc(C)n1. The first-order chi connectivity index (χ1) is 8.19. The van der Waals surface area contributed by atoms with Gasteiger partial charge in [-0.3, -0.25) is 5.10 Å². The van der Waals surface area contributed by atoms with E-state index in [0.717, 1.165) is 17.1 Å². The quantitative estimate of drug-likeness (QED) is 0.835. The average Bonchev–Trinajstić information content (AvgIpc) is 2.71. The first kappa shape index (κ1) is 11.4. The van der Waals surface area contributed by atoms with Gasteiger partial charge in [0.1, 0.15) is 11.6 Å². The molecule has 90 valence electrons. The molecule has 0 aromatic carbocycles. The van der Waals surface area contributed by atoms with Gasteiger partial charge in [0.15, 0.2) is 0 Å². The lowest BCUT2D eigenvalue weighted by Gasteiger charge is -2.07. The molecule has 2 rings (SSSR count). The number of aromatic amines is 1. The zero-order valence-electron chi connectivity index (χ0n) is 10.1. The third-order valence-electron chi connectivity index (χ3n) is 2.42. The number of anilines is 1. The predicted molar refractivity (Wildman–Crippen MR) is 64.0 cm³/mol. The van der Waals surface area contributed by atoms with E-state index in [1.807, 2.05) is 13.8 Å². The van der Waals surface area contributed by atoms with Crippen molar-refractivity contribution in [1.82, 2.24) is 20.2 Å². The molecule has 0 saturated carbocycles. The Morgan fingerprint density at radius 3 is 2.82 bits per heavy atom. The fourth-order valence-corrected chi connectivity index (χ4v) is 1.48. The summed E-state index contributed by atoms with van der Waals surface area (Å²) in [5.41, 5.74) is 2.16.